The molecule has 1 fully saturated rings. The summed E-state index contributed by atoms with van der Waals surface area (Å²) in [6.07, 6.45) is 1.98. The Morgan fingerprint density at radius 3 is 2.60 bits per heavy atom. The molecule has 3 heterocycles. The molecule has 1 N–H and O–H groups in total. The number of rotatable bonds is 8. The molecule has 3 aliphatic heterocycles. The van der Waals surface area contributed by atoms with Gasteiger partial charge in [-0.25, -0.2) is 9.79 Å². The monoisotopic (exact) mass is 413 g/mol. The summed E-state index contributed by atoms with van der Waals surface area (Å²) >= 11 is 0. The molecular formula is C21H27N5O4. The van der Waals surface area contributed by atoms with Gasteiger partial charge in [-0.15, -0.1) is 0 Å². The molecule has 0 aromatic heterocycles. The number of urea groups is 1. The summed E-state index contributed by atoms with van der Waals surface area (Å²) in [5.41, 5.74) is 2.04. The number of benzene rings is 1. The van der Waals surface area contributed by atoms with Gasteiger partial charge in [-0.2, -0.15) is 0 Å². The number of carbonyl (C=O) groups excluding carboxylic acids is 2. The molecule has 1 aromatic carbocycles. The zero-order chi connectivity index (χ0) is 21.3. The number of likely N-dealkylation sites (N-methyl/N-ethyl adjacent to an activating group) is 1. The summed E-state index contributed by atoms with van der Waals surface area (Å²) in [4.78, 5) is 37.6. The van der Waals surface area contributed by atoms with Gasteiger partial charge in [-0.1, -0.05) is 30.3 Å². The molecule has 0 radical (unpaired) electrons. The van der Waals surface area contributed by atoms with E-state index in [1.165, 1.54) is 4.90 Å². The molecule has 9 nitrogen and oxygen atoms in total. The van der Waals surface area contributed by atoms with Gasteiger partial charge < -0.3 is 24.5 Å². The number of nitrogens with zero attached hydrogens (tertiary/aromatic N) is 5. The van der Waals surface area contributed by atoms with E-state index in [0.717, 1.165) is 11.3 Å². The Hall–Kier alpha value is -2.91. The fraction of sp³-hybridized carbons (Fsp3) is 0.476. The van der Waals surface area contributed by atoms with E-state index in [-0.39, 0.29) is 25.2 Å². The number of imide groups is 1. The number of ether oxygens (including phenoxy) is 1. The zero-order valence-corrected chi connectivity index (χ0v) is 17.3. The molecular weight excluding hydrogens is 386 g/mol. The first kappa shape index (κ1) is 20.4. The molecule has 9 heteroatoms. The van der Waals surface area contributed by atoms with Gasteiger partial charge in [0.25, 0.3) is 5.91 Å². The summed E-state index contributed by atoms with van der Waals surface area (Å²) in [5, 5.41) is 8.86. The van der Waals surface area contributed by atoms with Crippen LogP contribution in [0.1, 0.15) is 12.5 Å². The number of aliphatic imine (C=N–C) groups is 1. The first-order chi connectivity index (χ1) is 14.5. The van der Waals surface area contributed by atoms with Crippen LogP contribution in [0, 0.1) is 0 Å². The van der Waals surface area contributed by atoms with Gasteiger partial charge in [-0.3, -0.25) is 9.69 Å². The molecule has 2 atom stereocenters. The van der Waals surface area contributed by atoms with Gasteiger partial charge in [0.05, 0.1) is 19.8 Å². The number of hydrogen-bond donors (Lipinski definition) is 1. The van der Waals surface area contributed by atoms with Gasteiger partial charge >= 0.3 is 6.03 Å². The topological polar surface area (TPSA) is 88.9 Å². The summed E-state index contributed by atoms with van der Waals surface area (Å²) in [7, 11) is 1.69. The Balaban J connectivity index is 1.49. The second-order valence-electron chi connectivity index (χ2n) is 7.57. The van der Waals surface area contributed by atoms with Gasteiger partial charge in [0, 0.05) is 32.0 Å². The van der Waals surface area contributed by atoms with Crippen LogP contribution in [-0.2, 0) is 16.0 Å². The normalized spacial score (nSPS) is 23.0. The van der Waals surface area contributed by atoms with Crippen LogP contribution >= 0.6 is 0 Å². The minimum atomic E-state index is -0.559. The highest BCUT2D eigenvalue weighted by Crippen LogP contribution is 2.33. The van der Waals surface area contributed by atoms with Crippen molar-refractivity contribution in [2.45, 2.75) is 25.6 Å². The number of fused-ring (bicyclic) bond motifs is 3. The van der Waals surface area contributed by atoms with Crippen molar-refractivity contribution < 1.29 is 19.4 Å². The second kappa shape index (κ2) is 8.45. The van der Waals surface area contributed by atoms with Crippen LogP contribution in [0.3, 0.4) is 0 Å². The van der Waals surface area contributed by atoms with Crippen molar-refractivity contribution in [1.29, 1.82) is 0 Å². The molecule has 0 aliphatic carbocycles. The molecule has 160 valence electrons. The van der Waals surface area contributed by atoms with Crippen molar-refractivity contribution in [3.8, 4) is 0 Å². The fourth-order valence-electron chi connectivity index (χ4n) is 4.09. The number of amides is 3. The van der Waals surface area contributed by atoms with Crippen LogP contribution in [0.4, 0.5) is 4.79 Å². The average molecular weight is 413 g/mol. The fourth-order valence-corrected chi connectivity index (χ4v) is 4.09. The highest BCUT2D eigenvalue weighted by atomic mass is 16.5. The van der Waals surface area contributed by atoms with Crippen molar-refractivity contribution in [2.24, 2.45) is 4.99 Å². The lowest BCUT2D eigenvalue weighted by atomic mass is 10.1. The van der Waals surface area contributed by atoms with Crippen molar-refractivity contribution in [2.75, 3.05) is 40.0 Å². The minimum absolute atomic E-state index is 0.0216. The van der Waals surface area contributed by atoms with Gasteiger partial charge in [0.2, 0.25) is 5.96 Å². The highest BCUT2D eigenvalue weighted by molar-refractivity contribution is 6.04. The summed E-state index contributed by atoms with van der Waals surface area (Å²) < 4.78 is 5.38. The quantitative estimate of drug-likeness (QED) is 0.631. The van der Waals surface area contributed by atoms with Gasteiger partial charge in [0.15, 0.2) is 12.2 Å². The largest absolute Gasteiger partial charge is 0.394 e. The molecule has 0 bridgehead atoms. The highest BCUT2D eigenvalue weighted by Gasteiger charge is 2.54. The van der Waals surface area contributed by atoms with Crippen molar-refractivity contribution in [3.63, 3.8) is 0 Å². The number of allylic oxidation sites excluding steroid dienone is 1. The molecule has 1 aromatic rings. The number of aliphatic hydroxyl groups is 1. The molecule has 2 unspecified atom stereocenters. The molecule has 3 amide bonds. The summed E-state index contributed by atoms with van der Waals surface area (Å²) in [6, 6.07) is 8.95. The van der Waals surface area contributed by atoms with E-state index in [2.05, 4.69) is 0 Å². The Kier molecular flexibility index (Phi) is 5.74. The first-order valence-corrected chi connectivity index (χ1v) is 10.2. The predicted octanol–water partition coefficient (Wildman–Crippen LogP) is 0.675. The van der Waals surface area contributed by atoms with Crippen LogP contribution in [0.2, 0.25) is 0 Å². The third-order valence-electron chi connectivity index (χ3n) is 5.66. The maximum atomic E-state index is 13.3. The number of hydrogen-bond acceptors (Lipinski definition) is 7. The van der Waals surface area contributed by atoms with E-state index in [0.29, 0.717) is 32.1 Å². The molecule has 0 spiro atoms. The van der Waals surface area contributed by atoms with E-state index in [1.807, 2.05) is 53.3 Å². The summed E-state index contributed by atoms with van der Waals surface area (Å²) in [5.74, 6) is 0.438. The van der Waals surface area contributed by atoms with E-state index < -0.39 is 12.2 Å². The molecule has 4 rings (SSSR count). The SMILES string of the molecule is CC1=CN2C(=NC3C2C(=O)N(CCc2ccccc2)C(=O)N3C)N1CCOCCO. The minimum Gasteiger partial charge on any atom is -0.394 e. The number of guanidine groups is 1. The van der Waals surface area contributed by atoms with Crippen LogP contribution in [-0.4, -0.2) is 94.8 Å². The van der Waals surface area contributed by atoms with E-state index in [1.54, 1.807) is 11.9 Å². The predicted molar refractivity (Wildman–Crippen MR) is 110 cm³/mol. The molecule has 3 aliphatic rings. The van der Waals surface area contributed by atoms with E-state index in [9.17, 15) is 9.59 Å². The lowest BCUT2D eigenvalue weighted by molar-refractivity contribution is -0.136. The van der Waals surface area contributed by atoms with Crippen LogP contribution < -0.4 is 0 Å². The zero-order valence-electron chi connectivity index (χ0n) is 17.3. The van der Waals surface area contributed by atoms with Crippen molar-refractivity contribution in [3.05, 3.63) is 47.8 Å². The lowest BCUT2D eigenvalue weighted by Crippen LogP contribution is -2.64. The van der Waals surface area contributed by atoms with Crippen molar-refractivity contribution >= 4 is 17.9 Å². The number of carbonyl (C=O) groups is 2. The second-order valence-corrected chi connectivity index (χ2v) is 7.57. The average Bonchev–Trinajstić information content (AvgIpc) is 3.25. The number of aliphatic hydroxyl groups excluding tert-OH is 1. The Morgan fingerprint density at radius 1 is 1.10 bits per heavy atom. The van der Waals surface area contributed by atoms with Gasteiger partial charge in [-0.05, 0) is 18.9 Å². The standard InChI is InChI=1S/C21H27N5O4/c1-15-14-26-17-18(22-20(26)24(15)10-12-30-13-11-27)23(2)21(29)25(19(17)28)9-8-16-6-4-3-5-7-16/h3-7,14,17-18,27H,8-13H2,1-2H3. The van der Waals surface area contributed by atoms with Crippen molar-refractivity contribution in [1.82, 2.24) is 19.6 Å². The Morgan fingerprint density at radius 2 is 1.87 bits per heavy atom. The maximum Gasteiger partial charge on any atom is 0.328 e. The van der Waals surface area contributed by atoms with E-state index >= 15 is 0 Å². The van der Waals surface area contributed by atoms with E-state index in [4.69, 9.17) is 14.8 Å². The van der Waals surface area contributed by atoms with Crippen LogP contribution in [0.25, 0.3) is 0 Å². The lowest BCUT2D eigenvalue weighted by Gasteiger charge is -2.40. The first-order valence-electron chi connectivity index (χ1n) is 10.2. The van der Waals surface area contributed by atoms with Crippen LogP contribution in [0.15, 0.2) is 47.2 Å². The van der Waals surface area contributed by atoms with Gasteiger partial charge in [0.1, 0.15) is 0 Å². The molecule has 0 saturated carbocycles. The third kappa shape index (κ3) is 3.54. The third-order valence-corrected chi connectivity index (χ3v) is 5.66. The Bertz CT molecular complexity index is 871. The smallest absolute Gasteiger partial charge is 0.328 e. The molecule has 30 heavy (non-hydrogen) atoms. The molecule has 1 saturated heterocycles. The maximum absolute atomic E-state index is 13.3. The summed E-state index contributed by atoms with van der Waals surface area (Å²) in [6.45, 7) is 3.54. The Labute approximate surface area is 175 Å². The van der Waals surface area contributed by atoms with Crippen LogP contribution in [0.5, 0.6) is 0 Å².